The number of nitrogens with two attached hydrogens (primary N) is 1. The molecule has 90 valence electrons. The molecule has 1 aromatic carbocycles. The van der Waals surface area contributed by atoms with Gasteiger partial charge in [0.25, 0.3) is 0 Å². The molecule has 17 heavy (non-hydrogen) atoms. The second-order valence-corrected chi connectivity index (χ2v) is 4.11. The summed E-state index contributed by atoms with van der Waals surface area (Å²) in [6, 6.07) is 6.76. The lowest BCUT2D eigenvalue weighted by Gasteiger charge is -2.01. The monoisotopic (exact) mass is 233 g/mol. The molecule has 0 aliphatic rings. The van der Waals surface area contributed by atoms with E-state index in [4.69, 9.17) is 10.3 Å². The molecule has 5 nitrogen and oxygen atoms in total. The van der Waals surface area contributed by atoms with Crippen molar-refractivity contribution in [3.63, 3.8) is 0 Å². The van der Waals surface area contributed by atoms with E-state index in [2.05, 4.69) is 10.1 Å². The molecule has 3 N–H and O–H groups in total. The summed E-state index contributed by atoms with van der Waals surface area (Å²) >= 11 is 0. The van der Waals surface area contributed by atoms with Gasteiger partial charge in [-0.3, -0.25) is 0 Å². The molecule has 0 amide bonds. The molecule has 1 aromatic heterocycles. The van der Waals surface area contributed by atoms with E-state index in [1.165, 1.54) is 0 Å². The number of hydrogen-bond donors (Lipinski definition) is 2. The van der Waals surface area contributed by atoms with E-state index in [-0.39, 0.29) is 5.75 Å². The van der Waals surface area contributed by atoms with Crippen LogP contribution in [0.25, 0.3) is 11.4 Å². The molecule has 0 saturated carbocycles. The van der Waals surface area contributed by atoms with Gasteiger partial charge in [0.1, 0.15) is 5.75 Å². The van der Waals surface area contributed by atoms with Gasteiger partial charge < -0.3 is 15.4 Å². The number of phenols is 1. The average molecular weight is 233 g/mol. The minimum Gasteiger partial charge on any atom is -0.508 e. The molecule has 0 fully saturated rings. The highest BCUT2D eigenvalue weighted by Crippen LogP contribution is 2.20. The zero-order valence-corrected chi connectivity index (χ0v) is 9.63. The number of hydrogen-bond acceptors (Lipinski definition) is 5. The summed E-state index contributed by atoms with van der Waals surface area (Å²) in [5.74, 6) is 1.55. The smallest absolute Gasteiger partial charge is 0.227 e. The Morgan fingerprint density at radius 3 is 3.00 bits per heavy atom. The van der Waals surface area contributed by atoms with Gasteiger partial charge in [-0.1, -0.05) is 24.2 Å². The normalized spacial score (nSPS) is 12.6. The highest BCUT2D eigenvalue weighted by molar-refractivity contribution is 5.56. The zero-order chi connectivity index (χ0) is 12.3. The van der Waals surface area contributed by atoms with Crippen molar-refractivity contribution in [2.45, 2.75) is 13.3 Å². The number of aromatic nitrogens is 2. The number of aromatic hydroxyl groups is 1. The second kappa shape index (κ2) is 4.97. The maximum absolute atomic E-state index is 9.36. The minimum absolute atomic E-state index is 0.184. The Morgan fingerprint density at radius 2 is 2.29 bits per heavy atom. The molecule has 0 aliphatic carbocycles. The van der Waals surface area contributed by atoms with Crippen LogP contribution in [-0.4, -0.2) is 21.8 Å². The SMILES string of the molecule is CC(CN)Cc1nc(-c2cccc(O)c2)no1. The molecule has 0 aliphatic heterocycles. The van der Waals surface area contributed by atoms with Crippen LogP contribution in [0.4, 0.5) is 0 Å². The predicted octanol–water partition coefficient (Wildman–Crippen LogP) is 1.58. The summed E-state index contributed by atoms with van der Waals surface area (Å²) in [4.78, 5) is 4.27. The summed E-state index contributed by atoms with van der Waals surface area (Å²) in [7, 11) is 0. The molecule has 2 aromatic rings. The standard InChI is InChI=1S/C12H15N3O2/c1-8(7-13)5-11-14-12(15-17-11)9-3-2-4-10(16)6-9/h2-4,6,8,16H,5,7,13H2,1H3. The lowest BCUT2D eigenvalue weighted by atomic mass is 10.1. The summed E-state index contributed by atoms with van der Waals surface area (Å²) < 4.78 is 5.13. The highest BCUT2D eigenvalue weighted by Gasteiger charge is 2.11. The van der Waals surface area contributed by atoms with E-state index < -0.39 is 0 Å². The summed E-state index contributed by atoms with van der Waals surface area (Å²) in [5, 5.41) is 13.2. The number of benzene rings is 1. The minimum atomic E-state index is 0.184. The molecular weight excluding hydrogens is 218 g/mol. The van der Waals surface area contributed by atoms with Crippen molar-refractivity contribution in [1.82, 2.24) is 10.1 Å². The lowest BCUT2D eigenvalue weighted by Crippen LogP contribution is -2.13. The summed E-state index contributed by atoms with van der Waals surface area (Å²) in [5.41, 5.74) is 6.27. The van der Waals surface area contributed by atoms with Crippen LogP contribution in [0.3, 0.4) is 0 Å². The molecule has 1 atom stereocenters. The van der Waals surface area contributed by atoms with Gasteiger partial charge in [-0.2, -0.15) is 4.98 Å². The Morgan fingerprint density at radius 1 is 1.47 bits per heavy atom. The first kappa shape index (κ1) is 11.6. The number of nitrogens with zero attached hydrogens (tertiary/aromatic N) is 2. The van der Waals surface area contributed by atoms with Gasteiger partial charge in [0.15, 0.2) is 0 Å². The Bertz CT molecular complexity index is 496. The highest BCUT2D eigenvalue weighted by atomic mass is 16.5. The van der Waals surface area contributed by atoms with E-state index in [0.29, 0.717) is 30.6 Å². The fourth-order valence-corrected chi connectivity index (χ4v) is 1.48. The van der Waals surface area contributed by atoms with Crippen LogP contribution in [0.15, 0.2) is 28.8 Å². The van der Waals surface area contributed by atoms with E-state index in [1.807, 2.05) is 13.0 Å². The first-order valence-electron chi connectivity index (χ1n) is 5.51. The van der Waals surface area contributed by atoms with Gasteiger partial charge in [-0.15, -0.1) is 0 Å². The van der Waals surface area contributed by atoms with Crippen molar-refractivity contribution in [3.8, 4) is 17.1 Å². The largest absolute Gasteiger partial charge is 0.508 e. The van der Waals surface area contributed by atoms with Crippen LogP contribution in [0.5, 0.6) is 5.75 Å². The maximum Gasteiger partial charge on any atom is 0.227 e. The molecule has 0 saturated heterocycles. The topological polar surface area (TPSA) is 85.2 Å². The van der Waals surface area contributed by atoms with Crippen molar-refractivity contribution in [3.05, 3.63) is 30.2 Å². The van der Waals surface area contributed by atoms with E-state index in [1.54, 1.807) is 18.2 Å². The Balaban J connectivity index is 2.18. The summed E-state index contributed by atoms with van der Waals surface area (Å²) in [6.45, 7) is 2.61. The third-order valence-electron chi connectivity index (χ3n) is 2.50. The molecule has 1 unspecified atom stereocenters. The van der Waals surface area contributed by atoms with Crippen LogP contribution in [0.1, 0.15) is 12.8 Å². The quantitative estimate of drug-likeness (QED) is 0.837. The second-order valence-electron chi connectivity index (χ2n) is 4.11. The molecule has 0 radical (unpaired) electrons. The average Bonchev–Trinajstić information content (AvgIpc) is 2.77. The van der Waals surface area contributed by atoms with E-state index >= 15 is 0 Å². The first-order chi connectivity index (χ1) is 8.19. The van der Waals surface area contributed by atoms with E-state index in [9.17, 15) is 5.11 Å². The molecule has 0 spiro atoms. The Hall–Kier alpha value is -1.88. The Labute approximate surface area is 99.3 Å². The fraction of sp³-hybridized carbons (Fsp3) is 0.333. The van der Waals surface area contributed by atoms with Crippen molar-refractivity contribution in [2.75, 3.05) is 6.54 Å². The van der Waals surface area contributed by atoms with Gasteiger partial charge >= 0.3 is 0 Å². The van der Waals surface area contributed by atoms with Gasteiger partial charge in [0, 0.05) is 12.0 Å². The van der Waals surface area contributed by atoms with Crippen LogP contribution >= 0.6 is 0 Å². The van der Waals surface area contributed by atoms with Crippen molar-refractivity contribution >= 4 is 0 Å². The van der Waals surface area contributed by atoms with Crippen molar-refractivity contribution < 1.29 is 9.63 Å². The third-order valence-corrected chi connectivity index (χ3v) is 2.50. The van der Waals surface area contributed by atoms with Crippen molar-refractivity contribution in [2.24, 2.45) is 11.7 Å². The summed E-state index contributed by atoms with van der Waals surface area (Å²) in [6.07, 6.45) is 0.669. The molecule has 0 bridgehead atoms. The fourth-order valence-electron chi connectivity index (χ4n) is 1.48. The zero-order valence-electron chi connectivity index (χ0n) is 9.63. The van der Waals surface area contributed by atoms with Gasteiger partial charge in [-0.25, -0.2) is 0 Å². The van der Waals surface area contributed by atoms with Crippen LogP contribution < -0.4 is 5.73 Å². The number of phenolic OH excluding ortho intramolecular Hbond substituents is 1. The molecule has 1 heterocycles. The molecular formula is C12H15N3O2. The predicted molar refractivity (Wildman–Crippen MR) is 63.3 cm³/mol. The maximum atomic E-state index is 9.36. The lowest BCUT2D eigenvalue weighted by molar-refractivity contribution is 0.360. The molecule has 2 rings (SSSR count). The van der Waals surface area contributed by atoms with Crippen LogP contribution in [-0.2, 0) is 6.42 Å². The number of rotatable bonds is 4. The van der Waals surface area contributed by atoms with E-state index in [0.717, 1.165) is 5.56 Å². The molecule has 5 heteroatoms. The van der Waals surface area contributed by atoms with Gasteiger partial charge in [-0.05, 0) is 24.6 Å². The Kier molecular flexibility index (Phi) is 3.39. The van der Waals surface area contributed by atoms with Crippen molar-refractivity contribution in [1.29, 1.82) is 0 Å². The third kappa shape index (κ3) is 2.82. The first-order valence-corrected chi connectivity index (χ1v) is 5.51. The van der Waals surface area contributed by atoms with Gasteiger partial charge in [0.05, 0.1) is 0 Å². The van der Waals surface area contributed by atoms with Crippen LogP contribution in [0, 0.1) is 5.92 Å². The van der Waals surface area contributed by atoms with Crippen LogP contribution in [0.2, 0.25) is 0 Å². The van der Waals surface area contributed by atoms with Gasteiger partial charge in [0.2, 0.25) is 11.7 Å².